The first kappa shape index (κ1) is 12.4. The van der Waals surface area contributed by atoms with Crippen molar-refractivity contribution in [3.8, 4) is 0 Å². The van der Waals surface area contributed by atoms with Crippen LogP contribution < -0.4 is 5.32 Å². The van der Waals surface area contributed by atoms with Crippen molar-refractivity contribution in [3.05, 3.63) is 29.9 Å². The van der Waals surface area contributed by atoms with E-state index in [1.54, 1.807) is 5.57 Å². The van der Waals surface area contributed by atoms with E-state index in [0.717, 1.165) is 25.5 Å². The van der Waals surface area contributed by atoms with Crippen LogP contribution in [0.5, 0.6) is 0 Å². The first-order valence-corrected chi connectivity index (χ1v) is 6.72. The average molecular weight is 233 g/mol. The Hall–Kier alpha value is -1.09. The maximum atomic E-state index is 4.22. The third-order valence-electron chi connectivity index (χ3n) is 3.46. The van der Waals surface area contributed by atoms with Gasteiger partial charge in [-0.1, -0.05) is 11.6 Å². The fraction of sp³-hybridized carbons (Fsp3) is 0.643. The third-order valence-corrected chi connectivity index (χ3v) is 3.46. The molecule has 94 valence electrons. The zero-order valence-electron chi connectivity index (χ0n) is 10.8. The predicted molar refractivity (Wildman–Crippen MR) is 71.0 cm³/mol. The summed E-state index contributed by atoms with van der Waals surface area (Å²) in [6.07, 6.45) is 13.0. The summed E-state index contributed by atoms with van der Waals surface area (Å²) in [5.74, 6) is 1.10. The highest BCUT2D eigenvalue weighted by atomic mass is 15.1. The number of hydrogen-bond acceptors (Lipinski definition) is 2. The van der Waals surface area contributed by atoms with Crippen molar-refractivity contribution in [1.82, 2.24) is 14.9 Å². The normalized spacial score (nSPS) is 15.9. The summed E-state index contributed by atoms with van der Waals surface area (Å²) in [6, 6.07) is 0. The number of nitrogens with one attached hydrogen (secondary N) is 1. The molecule has 0 amide bonds. The Morgan fingerprint density at radius 2 is 2.29 bits per heavy atom. The number of hydrogen-bond donors (Lipinski definition) is 1. The van der Waals surface area contributed by atoms with E-state index >= 15 is 0 Å². The van der Waals surface area contributed by atoms with E-state index in [1.807, 2.05) is 19.3 Å². The number of aromatic nitrogens is 2. The lowest BCUT2D eigenvalue weighted by Gasteiger charge is -2.13. The van der Waals surface area contributed by atoms with Crippen LogP contribution >= 0.6 is 0 Å². The van der Waals surface area contributed by atoms with Crippen molar-refractivity contribution in [2.75, 3.05) is 13.1 Å². The van der Waals surface area contributed by atoms with Gasteiger partial charge in [0.15, 0.2) is 0 Å². The van der Waals surface area contributed by atoms with Crippen LogP contribution in [0.15, 0.2) is 24.0 Å². The van der Waals surface area contributed by atoms with E-state index in [0.29, 0.717) is 0 Å². The molecule has 0 unspecified atom stereocenters. The Kier molecular flexibility index (Phi) is 4.80. The molecule has 0 bridgehead atoms. The Morgan fingerprint density at radius 1 is 1.35 bits per heavy atom. The molecule has 3 nitrogen and oxygen atoms in total. The van der Waals surface area contributed by atoms with Crippen molar-refractivity contribution in [3.63, 3.8) is 0 Å². The smallest absolute Gasteiger partial charge is 0.105 e. The van der Waals surface area contributed by atoms with Gasteiger partial charge in [0.2, 0.25) is 0 Å². The molecule has 0 atom stereocenters. The molecular formula is C14H23N3. The maximum Gasteiger partial charge on any atom is 0.105 e. The monoisotopic (exact) mass is 233 g/mol. The van der Waals surface area contributed by atoms with Crippen LogP contribution in [0.1, 0.15) is 37.9 Å². The number of rotatable bonds is 6. The van der Waals surface area contributed by atoms with Crippen LogP contribution in [-0.2, 0) is 6.54 Å². The Balaban J connectivity index is 1.57. The molecule has 1 aromatic rings. The minimum atomic E-state index is 1.02. The van der Waals surface area contributed by atoms with Gasteiger partial charge in [-0.15, -0.1) is 0 Å². The van der Waals surface area contributed by atoms with E-state index in [4.69, 9.17) is 0 Å². The van der Waals surface area contributed by atoms with Gasteiger partial charge in [-0.3, -0.25) is 0 Å². The first-order chi connectivity index (χ1) is 8.36. The highest BCUT2D eigenvalue weighted by Crippen LogP contribution is 2.19. The lowest BCUT2D eigenvalue weighted by molar-refractivity contribution is 0.577. The second-order valence-electron chi connectivity index (χ2n) is 4.78. The van der Waals surface area contributed by atoms with E-state index < -0.39 is 0 Å². The molecule has 2 rings (SSSR count). The first-order valence-electron chi connectivity index (χ1n) is 6.72. The van der Waals surface area contributed by atoms with Gasteiger partial charge < -0.3 is 9.88 Å². The molecule has 0 aromatic carbocycles. The van der Waals surface area contributed by atoms with Crippen molar-refractivity contribution in [2.45, 2.75) is 45.6 Å². The second kappa shape index (κ2) is 6.60. The summed E-state index contributed by atoms with van der Waals surface area (Å²) in [5, 5.41) is 3.51. The molecule has 0 fully saturated rings. The third kappa shape index (κ3) is 4.00. The van der Waals surface area contributed by atoms with Crippen LogP contribution in [0.25, 0.3) is 0 Å². The van der Waals surface area contributed by atoms with Crippen molar-refractivity contribution < 1.29 is 0 Å². The van der Waals surface area contributed by atoms with Crippen LogP contribution in [0, 0.1) is 6.92 Å². The topological polar surface area (TPSA) is 29.9 Å². The van der Waals surface area contributed by atoms with Gasteiger partial charge >= 0.3 is 0 Å². The Bertz CT molecular complexity index is 365. The fourth-order valence-electron chi connectivity index (χ4n) is 2.35. The number of aryl methyl sites for hydroxylation is 1. The van der Waals surface area contributed by atoms with E-state index in [9.17, 15) is 0 Å². The minimum Gasteiger partial charge on any atom is -0.334 e. The molecule has 1 aromatic heterocycles. The van der Waals surface area contributed by atoms with Gasteiger partial charge in [-0.2, -0.15) is 0 Å². The second-order valence-corrected chi connectivity index (χ2v) is 4.78. The zero-order valence-corrected chi connectivity index (χ0v) is 10.8. The summed E-state index contributed by atoms with van der Waals surface area (Å²) in [7, 11) is 0. The van der Waals surface area contributed by atoms with Gasteiger partial charge in [0.1, 0.15) is 5.82 Å². The summed E-state index contributed by atoms with van der Waals surface area (Å²) in [6.45, 7) is 5.21. The van der Waals surface area contributed by atoms with Gasteiger partial charge in [-0.25, -0.2) is 4.98 Å². The van der Waals surface area contributed by atoms with Crippen LogP contribution in [0.4, 0.5) is 0 Å². The van der Waals surface area contributed by atoms with Crippen LogP contribution in [0.3, 0.4) is 0 Å². The van der Waals surface area contributed by atoms with Gasteiger partial charge in [-0.05, 0) is 45.6 Å². The van der Waals surface area contributed by atoms with Gasteiger partial charge in [0, 0.05) is 25.5 Å². The Labute approximate surface area is 104 Å². The largest absolute Gasteiger partial charge is 0.334 e. The van der Waals surface area contributed by atoms with E-state index in [2.05, 4.69) is 20.9 Å². The lowest BCUT2D eigenvalue weighted by atomic mass is 9.97. The molecule has 1 N–H and O–H groups in total. The lowest BCUT2D eigenvalue weighted by Crippen LogP contribution is -2.21. The molecule has 3 heteroatoms. The molecule has 17 heavy (non-hydrogen) atoms. The Morgan fingerprint density at radius 3 is 3.00 bits per heavy atom. The highest BCUT2D eigenvalue weighted by molar-refractivity contribution is 5.05. The molecule has 0 aliphatic heterocycles. The number of nitrogens with zero attached hydrogens (tertiary/aromatic N) is 2. The standard InChI is InChI=1S/C14H23N3/c1-13-16-10-12-17(13)11-9-15-8-7-14-5-3-2-4-6-14/h5,10,12,15H,2-4,6-9,11H2,1H3. The SMILES string of the molecule is Cc1nccn1CCNCCC1=CCCCC1. The van der Waals surface area contributed by atoms with Crippen molar-refractivity contribution in [1.29, 1.82) is 0 Å². The molecule has 0 spiro atoms. The summed E-state index contributed by atoms with van der Waals surface area (Å²) < 4.78 is 2.19. The molecule has 0 saturated carbocycles. The van der Waals surface area contributed by atoms with Gasteiger partial charge in [0.25, 0.3) is 0 Å². The number of allylic oxidation sites excluding steroid dienone is 1. The average Bonchev–Trinajstić information content (AvgIpc) is 2.76. The molecule has 0 radical (unpaired) electrons. The maximum absolute atomic E-state index is 4.22. The summed E-state index contributed by atoms with van der Waals surface area (Å²) in [4.78, 5) is 4.22. The zero-order chi connectivity index (χ0) is 11.9. The fourth-order valence-corrected chi connectivity index (χ4v) is 2.35. The molecule has 1 aliphatic carbocycles. The summed E-state index contributed by atoms with van der Waals surface area (Å²) in [5.41, 5.74) is 1.66. The van der Waals surface area contributed by atoms with E-state index in [1.165, 1.54) is 32.1 Å². The predicted octanol–water partition coefficient (Wildman–Crippen LogP) is 2.67. The molecule has 1 aliphatic rings. The van der Waals surface area contributed by atoms with Crippen molar-refractivity contribution in [2.24, 2.45) is 0 Å². The molecule has 1 heterocycles. The minimum absolute atomic E-state index is 1.02. The molecular weight excluding hydrogens is 210 g/mol. The van der Waals surface area contributed by atoms with Gasteiger partial charge in [0.05, 0.1) is 0 Å². The quantitative estimate of drug-likeness (QED) is 0.605. The number of imidazole rings is 1. The van der Waals surface area contributed by atoms with Crippen LogP contribution in [0.2, 0.25) is 0 Å². The highest BCUT2D eigenvalue weighted by Gasteiger charge is 2.02. The molecule has 0 saturated heterocycles. The van der Waals surface area contributed by atoms with Crippen molar-refractivity contribution >= 4 is 0 Å². The summed E-state index contributed by atoms with van der Waals surface area (Å²) >= 11 is 0. The van der Waals surface area contributed by atoms with E-state index in [-0.39, 0.29) is 0 Å². The van der Waals surface area contributed by atoms with Crippen LogP contribution in [-0.4, -0.2) is 22.6 Å².